The maximum absolute atomic E-state index is 10.9. The van der Waals surface area contributed by atoms with Gasteiger partial charge < -0.3 is 10.4 Å². The first-order chi connectivity index (χ1) is 10.2. The third-order valence-electron chi connectivity index (χ3n) is 3.84. The molecular formula is C16H22N4O. The zero-order valence-corrected chi connectivity index (χ0v) is 12.2. The maximum atomic E-state index is 10.9. The molecule has 1 aromatic carbocycles. The molecule has 0 spiro atoms. The van der Waals surface area contributed by atoms with Gasteiger partial charge in [0.15, 0.2) is 0 Å². The van der Waals surface area contributed by atoms with Crippen molar-refractivity contribution in [3.8, 4) is 0 Å². The molecule has 1 atom stereocenters. The van der Waals surface area contributed by atoms with Gasteiger partial charge >= 0.3 is 0 Å². The summed E-state index contributed by atoms with van der Waals surface area (Å²) in [5.41, 5.74) is 0.484. The lowest BCUT2D eigenvalue weighted by Crippen LogP contribution is -2.49. The van der Waals surface area contributed by atoms with Gasteiger partial charge in [0.2, 0.25) is 0 Å². The summed E-state index contributed by atoms with van der Waals surface area (Å²) in [5.74, 6) is 0. The molecular weight excluding hydrogens is 264 g/mol. The lowest BCUT2D eigenvalue weighted by molar-refractivity contribution is -0.00259. The quantitative estimate of drug-likeness (QED) is 0.869. The summed E-state index contributed by atoms with van der Waals surface area (Å²) >= 11 is 0. The lowest BCUT2D eigenvalue weighted by Gasteiger charge is -2.31. The molecule has 112 valence electrons. The van der Waals surface area contributed by atoms with Crippen LogP contribution in [0.4, 0.5) is 0 Å². The predicted octanol–water partition coefficient (Wildman–Crippen LogP) is 0.720. The first-order valence-corrected chi connectivity index (χ1v) is 7.40. The molecule has 0 saturated carbocycles. The van der Waals surface area contributed by atoms with Crippen molar-refractivity contribution in [3.63, 3.8) is 0 Å². The van der Waals surface area contributed by atoms with Crippen molar-refractivity contribution in [1.82, 2.24) is 20.0 Å². The van der Waals surface area contributed by atoms with Gasteiger partial charge in [0.25, 0.3) is 0 Å². The van der Waals surface area contributed by atoms with E-state index in [1.807, 2.05) is 18.3 Å². The van der Waals surface area contributed by atoms with Crippen molar-refractivity contribution in [2.45, 2.75) is 18.7 Å². The largest absolute Gasteiger partial charge is 0.385 e. The minimum absolute atomic E-state index is 0.512. The summed E-state index contributed by atoms with van der Waals surface area (Å²) in [6.07, 6.45) is 3.64. The number of rotatable bonds is 4. The summed E-state index contributed by atoms with van der Waals surface area (Å²) in [5, 5.41) is 18.4. The first-order valence-electron chi connectivity index (χ1n) is 7.40. The topological polar surface area (TPSA) is 53.3 Å². The second-order valence-electron chi connectivity index (χ2n) is 5.80. The third-order valence-corrected chi connectivity index (χ3v) is 3.84. The second-order valence-corrected chi connectivity index (χ2v) is 5.80. The predicted molar refractivity (Wildman–Crippen MR) is 81.8 cm³/mol. The van der Waals surface area contributed by atoms with Gasteiger partial charge in [-0.3, -0.25) is 9.58 Å². The highest BCUT2D eigenvalue weighted by Gasteiger charge is 2.32. The zero-order valence-electron chi connectivity index (χ0n) is 12.2. The Morgan fingerprint density at radius 2 is 2.10 bits per heavy atom. The number of nitrogens with one attached hydrogen (secondary N) is 1. The molecule has 0 radical (unpaired) electrons. The summed E-state index contributed by atoms with van der Waals surface area (Å²) < 4.78 is 1.80. The average molecular weight is 286 g/mol. The van der Waals surface area contributed by atoms with Crippen LogP contribution in [0.25, 0.3) is 0 Å². The molecule has 5 heteroatoms. The molecule has 1 aliphatic heterocycles. The average Bonchev–Trinajstić information content (AvgIpc) is 2.90. The second kappa shape index (κ2) is 6.39. The summed E-state index contributed by atoms with van der Waals surface area (Å²) in [6, 6.07) is 12.3. The molecule has 1 saturated heterocycles. The number of hydrogen-bond acceptors (Lipinski definition) is 4. The molecule has 1 aromatic heterocycles. The number of aliphatic hydroxyl groups is 1. The van der Waals surface area contributed by atoms with E-state index in [1.165, 1.54) is 5.56 Å². The Labute approximate surface area is 125 Å². The summed E-state index contributed by atoms with van der Waals surface area (Å²) in [4.78, 5) is 2.30. The standard InChI is InChI=1S/C16H22N4O/c21-16(14-20-9-4-7-18-20)12-17-8-10-19(13-16)11-15-5-2-1-3-6-15/h1-7,9,17,21H,8,10-14H2. The van der Waals surface area contributed by atoms with Crippen LogP contribution in [0.5, 0.6) is 0 Å². The molecule has 2 aromatic rings. The number of aromatic nitrogens is 2. The minimum atomic E-state index is -0.794. The Morgan fingerprint density at radius 1 is 1.24 bits per heavy atom. The van der Waals surface area contributed by atoms with Crippen LogP contribution in [-0.4, -0.2) is 51.6 Å². The molecule has 2 heterocycles. The lowest BCUT2D eigenvalue weighted by atomic mass is 10.0. The van der Waals surface area contributed by atoms with E-state index in [-0.39, 0.29) is 0 Å². The van der Waals surface area contributed by atoms with E-state index in [2.05, 4.69) is 39.6 Å². The van der Waals surface area contributed by atoms with Crippen molar-refractivity contribution in [2.75, 3.05) is 26.2 Å². The van der Waals surface area contributed by atoms with E-state index in [9.17, 15) is 5.11 Å². The van der Waals surface area contributed by atoms with E-state index in [0.717, 1.165) is 19.6 Å². The van der Waals surface area contributed by atoms with Crippen molar-refractivity contribution < 1.29 is 5.11 Å². The summed E-state index contributed by atoms with van der Waals surface area (Å²) in [7, 11) is 0. The SMILES string of the molecule is OC1(Cn2cccn2)CNCCN(Cc2ccccc2)C1. The zero-order chi connectivity index (χ0) is 14.5. The number of hydrogen-bond donors (Lipinski definition) is 2. The van der Waals surface area contributed by atoms with Crippen LogP contribution in [0.2, 0.25) is 0 Å². The highest BCUT2D eigenvalue weighted by atomic mass is 16.3. The molecule has 1 unspecified atom stereocenters. The Balaban J connectivity index is 1.68. The maximum Gasteiger partial charge on any atom is 0.109 e. The Hall–Kier alpha value is -1.69. The van der Waals surface area contributed by atoms with Gasteiger partial charge in [-0.05, 0) is 11.6 Å². The molecule has 2 N–H and O–H groups in total. The van der Waals surface area contributed by atoms with Crippen LogP contribution < -0.4 is 5.32 Å². The third kappa shape index (κ3) is 3.91. The van der Waals surface area contributed by atoms with Crippen LogP contribution in [-0.2, 0) is 13.1 Å². The van der Waals surface area contributed by atoms with Gasteiger partial charge in [-0.15, -0.1) is 0 Å². The van der Waals surface area contributed by atoms with Crippen LogP contribution in [0, 0.1) is 0 Å². The van der Waals surface area contributed by atoms with E-state index in [0.29, 0.717) is 19.6 Å². The van der Waals surface area contributed by atoms with Gasteiger partial charge in [-0.2, -0.15) is 5.10 Å². The molecule has 0 aliphatic carbocycles. The first kappa shape index (κ1) is 14.3. The number of nitrogens with zero attached hydrogens (tertiary/aromatic N) is 3. The minimum Gasteiger partial charge on any atom is -0.385 e. The highest BCUT2D eigenvalue weighted by Crippen LogP contribution is 2.15. The molecule has 3 rings (SSSR count). The van der Waals surface area contributed by atoms with Crippen LogP contribution in [0.15, 0.2) is 48.8 Å². The van der Waals surface area contributed by atoms with Gasteiger partial charge in [0, 0.05) is 45.1 Å². The van der Waals surface area contributed by atoms with Crippen LogP contribution >= 0.6 is 0 Å². The molecule has 0 bridgehead atoms. The van der Waals surface area contributed by atoms with Crippen molar-refractivity contribution >= 4 is 0 Å². The molecule has 1 fully saturated rings. The van der Waals surface area contributed by atoms with E-state index < -0.39 is 5.60 Å². The highest BCUT2D eigenvalue weighted by molar-refractivity contribution is 5.14. The van der Waals surface area contributed by atoms with Gasteiger partial charge in [-0.1, -0.05) is 30.3 Å². The van der Waals surface area contributed by atoms with E-state index >= 15 is 0 Å². The van der Waals surface area contributed by atoms with Gasteiger partial charge in [0.1, 0.15) is 5.60 Å². The monoisotopic (exact) mass is 286 g/mol. The fourth-order valence-corrected chi connectivity index (χ4v) is 2.89. The Bertz CT molecular complexity index is 543. The summed E-state index contributed by atoms with van der Waals surface area (Å²) in [6.45, 7) is 4.46. The number of benzene rings is 1. The molecule has 21 heavy (non-hydrogen) atoms. The van der Waals surface area contributed by atoms with E-state index in [4.69, 9.17) is 0 Å². The van der Waals surface area contributed by atoms with Crippen molar-refractivity contribution in [2.24, 2.45) is 0 Å². The normalized spacial score (nSPS) is 23.9. The van der Waals surface area contributed by atoms with Crippen molar-refractivity contribution in [3.05, 3.63) is 54.4 Å². The van der Waals surface area contributed by atoms with Gasteiger partial charge in [0.05, 0.1) is 6.54 Å². The van der Waals surface area contributed by atoms with Crippen LogP contribution in [0.3, 0.4) is 0 Å². The smallest absolute Gasteiger partial charge is 0.109 e. The molecule has 0 amide bonds. The Kier molecular flexibility index (Phi) is 4.34. The molecule has 5 nitrogen and oxygen atoms in total. The fourth-order valence-electron chi connectivity index (χ4n) is 2.89. The van der Waals surface area contributed by atoms with E-state index in [1.54, 1.807) is 10.9 Å². The Morgan fingerprint density at radius 3 is 2.86 bits per heavy atom. The van der Waals surface area contributed by atoms with Gasteiger partial charge in [-0.25, -0.2) is 0 Å². The van der Waals surface area contributed by atoms with Crippen LogP contribution in [0.1, 0.15) is 5.56 Å². The number of β-amino-alcohol motifs (C(OH)–C–C–N with tert-alkyl or cyclic N) is 1. The fraction of sp³-hybridized carbons (Fsp3) is 0.438. The molecule has 1 aliphatic rings. The van der Waals surface area contributed by atoms with Crippen molar-refractivity contribution in [1.29, 1.82) is 0 Å².